The summed E-state index contributed by atoms with van der Waals surface area (Å²) in [4.78, 5) is 25.4. The van der Waals surface area contributed by atoms with Crippen LogP contribution in [0.2, 0.25) is 0 Å². The van der Waals surface area contributed by atoms with Crippen LogP contribution in [0, 0.1) is 0 Å². The third-order valence-electron chi connectivity index (χ3n) is 12.2. The van der Waals surface area contributed by atoms with Crippen LogP contribution in [0.4, 0.5) is 0 Å². The van der Waals surface area contributed by atoms with Crippen molar-refractivity contribution in [2.24, 2.45) is 0 Å². The fraction of sp³-hybridized carbons (Fsp3) is 0.906. The number of nitrogens with zero attached hydrogens (tertiary/aromatic N) is 1. The number of carbonyl (C=O) groups is 1. The summed E-state index contributed by atoms with van der Waals surface area (Å²) in [6, 6.07) is -0.806. The van der Waals surface area contributed by atoms with Crippen LogP contribution in [0.1, 0.15) is 258 Å². The van der Waals surface area contributed by atoms with E-state index in [1.54, 1.807) is 0 Å². The second-order valence-electron chi connectivity index (χ2n) is 19.6. The number of aliphatic hydroxyl groups is 1. The number of amides is 1. The number of hydrogen-bond donors (Lipinski definition) is 2. The van der Waals surface area contributed by atoms with E-state index in [4.69, 9.17) is 9.05 Å². The number of phosphoric ester groups is 1. The van der Waals surface area contributed by atoms with Crippen molar-refractivity contribution in [2.45, 2.75) is 270 Å². The number of allylic oxidation sites excluding steroid dienone is 4. The molecule has 9 heteroatoms. The van der Waals surface area contributed by atoms with E-state index in [1.807, 2.05) is 21.1 Å². The Morgan fingerprint density at radius 3 is 1.39 bits per heavy atom. The zero-order chi connectivity index (χ0) is 45.7. The first kappa shape index (κ1) is 61.0. The van der Waals surface area contributed by atoms with Crippen molar-refractivity contribution < 1.29 is 32.9 Å². The highest BCUT2D eigenvalue weighted by Gasteiger charge is 2.24. The molecule has 0 spiro atoms. The van der Waals surface area contributed by atoms with E-state index in [9.17, 15) is 19.4 Å². The van der Waals surface area contributed by atoms with Gasteiger partial charge >= 0.3 is 0 Å². The normalized spacial score (nSPS) is 14.2. The SMILES string of the molecule is CCCC/C=C\C/C=C\CCCCCCCC(=O)NC(COP(=O)([O-])OCC[N+](C)(C)C)C(O)CCCCCCCCCCCCCCCCCCCCCCCCCCCC. The lowest BCUT2D eigenvalue weighted by Crippen LogP contribution is -2.46. The number of unbranched alkanes of at least 4 members (excludes halogenated alkanes) is 32. The summed E-state index contributed by atoms with van der Waals surface area (Å²) in [5, 5.41) is 14.0. The Labute approximate surface area is 385 Å². The molecule has 0 aromatic heterocycles. The lowest BCUT2D eigenvalue weighted by molar-refractivity contribution is -0.870. The number of carbonyl (C=O) groups excluding carboxylic acids is 1. The quantitative estimate of drug-likeness (QED) is 0.0273. The van der Waals surface area contributed by atoms with Gasteiger partial charge in [0.25, 0.3) is 7.82 Å². The van der Waals surface area contributed by atoms with Crippen LogP contribution in [0.15, 0.2) is 24.3 Å². The van der Waals surface area contributed by atoms with Crippen molar-refractivity contribution >= 4 is 13.7 Å². The van der Waals surface area contributed by atoms with Gasteiger partial charge in [-0.3, -0.25) is 9.36 Å². The van der Waals surface area contributed by atoms with Gasteiger partial charge in [0.1, 0.15) is 13.2 Å². The molecule has 0 aliphatic heterocycles. The Hall–Kier alpha value is -1.02. The van der Waals surface area contributed by atoms with E-state index in [2.05, 4.69) is 43.5 Å². The molecule has 0 saturated heterocycles. The third-order valence-corrected chi connectivity index (χ3v) is 13.2. The molecule has 0 fully saturated rings. The number of phosphoric acid groups is 1. The minimum atomic E-state index is -4.57. The summed E-state index contributed by atoms with van der Waals surface area (Å²) >= 11 is 0. The van der Waals surface area contributed by atoms with E-state index in [-0.39, 0.29) is 19.1 Å². The molecule has 368 valence electrons. The van der Waals surface area contributed by atoms with Crippen LogP contribution >= 0.6 is 7.82 Å². The number of aliphatic hydroxyl groups excluding tert-OH is 1. The molecule has 0 bridgehead atoms. The molecule has 3 unspecified atom stereocenters. The summed E-state index contributed by atoms with van der Waals surface area (Å²) in [6.45, 7) is 4.69. The van der Waals surface area contributed by atoms with Gasteiger partial charge < -0.3 is 28.8 Å². The van der Waals surface area contributed by atoms with Crippen molar-refractivity contribution in [2.75, 3.05) is 40.9 Å². The summed E-state index contributed by atoms with van der Waals surface area (Å²) in [7, 11) is 1.30. The monoisotopic (exact) mass is 897 g/mol. The average Bonchev–Trinajstić information content (AvgIpc) is 3.23. The molecule has 0 aromatic rings. The minimum Gasteiger partial charge on any atom is -0.756 e. The third kappa shape index (κ3) is 47.0. The molecular weight excluding hydrogens is 792 g/mol. The number of rotatable bonds is 49. The Kier molecular flexibility index (Phi) is 44.4. The lowest BCUT2D eigenvalue weighted by Gasteiger charge is -2.30. The molecule has 0 aliphatic carbocycles. The van der Waals surface area contributed by atoms with Crippen molar-refractivity contribution in [3.05, 3.63) is 24.3 Å². The van der Waals surface area contributed by atoms with Gasteiger partial charge in [-0.05, 0) is 38.5 Å². The predicted molar refractivity (Wildman–Crippen MR) is 265 cm³/mol. The molecular formula is C53H105N2O6P. The molecule has 0 heterocycles. The van der Waals surface area contributed by atoms with Crippen LogP contribution in [0.3, 0.4) is 0 Å². The molecule has 0 rings (SSSR count). The first-order chi connectivity index (χ1) is 30.0. The van der Waals surface area contributed by atoms with Crippen LogP contribution < -0.4 is 10.2 Å². The Morgan fingerprint density at radius 1 is 0.565 bits per heavy atom. The maximum Gasteiger partial charge on any atom is 0.268 e. The van der Waals surface area contributed by atoms with Gasteiger partial charge in [0.05, 0.1) is 39.9 Å². The van der Waals surface area contributed by atoms with Gasteiger partial charge in [0, 0.05) is 6.42 Å². The van der Waals surface area contributed by atoms with Crippen molar-refractivity contribution in [3.8, 4) is 0 Å². The van der Waals surface area contributed by atoms with E-state index in [1.165, 1.54) is 167 Å². The maximum absolute atomic E-state index is 12.9. The smallest absolute Gasteiger partial charge is 0.268 e. The lowest BCUT2D eigenvalue weighted by atomic mass is 10.0. The fourth-order valence-electron chi connectivity index (χ4n) is 7.94. The van der Waals surface area contributed by atoms with E-state index >= 15 is 0 Å². The van der Waals surface area contributed by atoms with Gasteiger partial charge in [-0.25, -0.2) is 0 Å². The van der Waals surface area contributed by atoms with E-state index in [0.29, 0.717) is 23.9 Å². The largest absolute Gasteiger partial charge is 0.756 e. The Bertz CT molecular complexity index is 1060. The van der Waals surface area contributed by atoms with Crippen molar-refractivity contribution in [1.82, 2.24) is 5.32 Å². The zero-order valence-corrected chi connectivity index (χ0v) is 42.7. The van der Waals surface area contributed by atoms with Crippen LogP contribution in [0.5, 0.6) is 0 Å². The number of likely N-dealkylation sites (N-methyl/N-ethyl adjacent to an activating group) is 1. The molecule has 2 N–H and O–H groups in total. The van der Waals surface area contributed by atoms with E-state index in [0.717, 1.165) is 64.2 Å². The molecule has 0 radical (unpaired) electrons. The first-order valence-electron chi connectivity index (χ1n) is 26.7. The van der Waals surface area contributed by atoms with Crippen LogP contribution in [-0.2, 0) is 18.4 Å². The molecule has 0 saturated carbocycles. The molecule has 0 aromatic carbocycles. The molecule has 0 aliphatic rings. The molecule has 62 heavy (non-hydrogen) atoms. The Morgan fingerprint density at radius 2 is 0.952 bits per heavy atom. The molecule has 1 amide bonds. The number of nitrogens with one attached hydrogen (secondary N) is 1. The maximum atomic E-state index is 12.9. The predicted octanol–water partition coefficient (Wildman–Crippen LogP) is 15.0. The average molecular weight is 897 g/mol. The van der Waals surface area contributed by atoms with Crippen molar-refractivity contribution in [3.63, 3.8) is 0 Å². The Balaban J connectivity index is 4.14. The summed E-state index contributed by atoms with van der Waals surface area (Å²) in [5.41, 5.74) is 0. The molecule has 8 nitrogen and oxygen atoms in total. The van der Waals surface area contributed by atoms with Gasteiger partial charge in [0.2, 0.25) is 5.91 Å². The highest BCUT2D eigenvalue weighted by Crippen LogP contribution is 2.38. The highest BCUT2D eigenvalue weighted by atomic mass is 31.2. The fourth-order valence-corrected chi connectivity index (χ4v) is 8.66. The standard InChI is InChI=1S/C53H105N2O6P/c1-6-8-10-12-14-16-18-20-22-23-24-25-26-27-28-29-30-31-32-33-34-36-38-40-42-44-46-52(56)51(50-61-62(58,59)60-49-48-55(3,4)5)54-53(57)47-45-43-41-39-37-35-21-19-17-15-13-11-9-7-2/h13,15,19,21,51-52,56H,6-12,14,16-18,20,22-50H2,1-5H3,(H-,54,57,58,59)/b15-13-,21-19-. The minimum absolute atomic E-state index is 0.0101. The molecule has 3 atom stereocenters. The van der Waals surface area contributed by atoms with Crippen molar-refractivity contribution in [1.29, 1.82) is 0 Å². The van der Waals surface area contributed by atoms with Gasteiger partial charge in [0.15, 0.2) is 0 Å². The first-order valence-corrected chi connectivity index (χ1v) is 28.1. The van der Waals surface area contributed by atoms with Crippen LogP contribution in [-0.4, -0.2) is 68.5 Å². The zero-order valence-electron chi connectivity index (χ0n) is 41.8. The van der Waals surface area contributed by atoms with Gasteiger partial charge in [-0.2, -0.15) is 0 Å². The second kappa shape index (κ2) is 45.1. The van der Waals surface area contributed by atoms with E-state index < -0.39 is 20.0 Å². The van der Waals surface area contributed by atoms with Gasteiger partial charge in [-0.15, -0.1) is 0 Å². The van der Waals surface area contributed by atoms with Gasteiger partial charge in [-0.1, -0.05) is 237 Å². The number of hydrogen-bond acceptors (Lipinski definition) is 6. The summed E-state index contributed by atoms with van der Waals surface area (Å²) in [6.07, 6.45) is 54.9. The highest BCUT2D eigenvalue weighted by molar-refractivity contribution is 7.45. The summed E-state index contributed by atoms with van der Waals surface area (Å²) in [5.74, 6) is -0.177. The second-order valence-corrected chi connectivity index (χ2v) is 21.0. The number of quaternary nitrogens is 1. The summed E-state index contributed by atoms with van der Waals surface area (Å²) < 4.78 is 23.3. The topological polar surface area (TPSA) is 108 Å². The van der Waals surface area contributed by atoms with Crippen LogP contribution in [0.25, 0.3) is 0 Å².